The smallest absolute Gasteiger partial charge is 0.446 e. The Hall–Kier alpha value is -2.02. The molecule has 0 aliphatic rings. The Bertz CT molecular complexity index is 567. The monoisotopic (exact) mass is 313 g/mol. The van der Waals surface area contributed by atoms with Gasteiger partial charge < -0.3 is 9.84 Å². The van der Waals surface area contributed by atoms with Gasteiger partial charge >= 0.3 is 18.1 Å². The molecule has 0 saturated carbocycles. The van der Waals surface area contributed by atoms with Crippen LogP contribution in [0.15, 0.2) is 17.0 Å². The number of thioether (sulfide) groups is 1. The first-order valence-electron chi connectivity index (χ1n) is 4.66. The third-order valence-corrected chi connectivity index (χ3v) is 2.67. The molecule has 20 heavy (non-hydrogen) atoms. The van der Waals surface area contributed by atoms with Gasteiger partial charge in [0.05, 0.1) is 10.5 Å². The number of carboxylic acid groups (broad SMARTS) is 1. The van der Waals surface area contributed by atoms with E-state index in [1.165, 1.54) is 6.07 Å². The third kappa shape index (κ3) is 3.99. The van der Waals surface area contributed by atoms with Crippen LogP contribution < -0.4 is 4.74 Å². The van der Waals surface area contributed by atoms with E-state index in [0.29, 0.717) is 12.1 Å². The Morgan fingerprint density at radius 3 is 2.40 bits per heavy atom. The molecule has 0 aliphatic heterocycles. The lowest BCUT2D eigenvalue weighted by molar-refractivity contribution is -0.0530. The van der Waals surface area contributed by atoms with Gasteiger partial charge in [0.15, 0.2) is 5.75 Å². The molecule has 0 radical (unpaired) electrons. The average molecular weight is 313 g/mol. The molecule has 0 aromatic heterocycles. The number of carbonyl (C=O) groups is 1. The number of hydrogen-bond donors (Lipinski definition) is 1. The van der Waals surface area contributed by atoms with E-state index in [-0.39, 0.29) is 0 Å². The van der Waals surface area contributed by atoms with Crippen molar-refractivity contribution in [3.05, 3.63) is 23.3 Å². The van der Waals surface area contributed by atoms with Gasteiger partial charge in [0.25, 0.3) is 0 Å². The van der Waals surface area contributed by atoms with E-state index in [2.05, 4.69) is 4.74 Å². The Labute approximate surface area is 112 Å². The first kappa shape index (κ1) is 16.0. The minimum atomic E-state index is -4.81. The molecule has 0 fully saturated rings. The fourth-order valence-electron chi connectivity index (χ4n) is 1.26. The van der Waals surface area contributed by atoms with E-state index in [4.69, 9.17) is 10.4 Å². The van der Waals surface area contributed by atoms with Crippen molar-refractivity contribution in [3.63, 3.8) is 0 Å². The number of carboxylic acids is 1. The molecule has 0 spiro atoms. The zero-order valence-corrected chi connectivity index (χ0v) is 10.1. The summed E-state index contributed by atoms with van der Waals surface area (Å²) in [5.41, 5.74) is -6.43. The zero-order chi connectivity index (χ0) is 15.5. The summed E-state index contributed by atoms with van der Waals surface area (Å²) in [5.74, 6) is -2.76. The largest absolute Gasteiger partial charge is 0.478 e. The Morgan fingerprint density at radius 1 is 1.40 bits per heavy atom. The lowest BCUT2D eigenvalue weighted by atomic mass is 10.1. The molecule has 0 unspecified atom stereocenters. The number of rotatable bonds is 4. The number of nitriles is 1. The van der Waals surface area contributed by atoms with Gasteiger partial charge in [-0.2, -0.15) is 27.2 Å². The summed E-state index contributed by atoms with van der Waals surface area (Å²) in [5, 5.41) is 17.5. The lowest BCUT2D eigenvalue weighted by Crippen LogP contribution is -2.10. The maximum Gasteiger partial charge on any atom is 0.446 e. The average Bonchev–Trinajstić information content (AvgIpc) is 2.28. The predicted octanol–water partition coefficient (Wildman–Crippen LogP) is 3.47. The number of hydrogen-bond acceptors (Lipinski definition) is 4. The maximum atomic E-state index is 12.3. The van der Waals surface area contributed by atoms with Crippen molar-refractivity contribution < 1.29 is 36.6 Å². The molecule has 0 atom stereocenters. The zero-order valence-electron chi connectivity index (χ0n) is 9.24. The molecule has 1 N–H and O–H groups in total. The number of nitrogens with zero attached hydrogens (tertiary/aromatic N) is 1. The summed E-state index contributed by atoms with van der Waals surface area (Å²) in [6.07, 6.45) is 0. The van der Waals surface area contributed by atoms with Crippen LogP contribution in [0.4, 0.5) is 22.0 Å². The molecule has 4 nitrogen and oxygen atoms in total. The summed E-state index contributed by atoms with van der Waals surface area (Å²) in [4.78, 5) is 9.97. The fourth-order valence-corrected chi connectivity index (χ4v) is 1.89. The Kier molecular flexibility index (Phi) is 4.78. The van der Waals surface area contributed by atoms with E-state index in [0.717, 1.165) is 0 Å². The molecule has 0 bridgehead atoms. The molecule has 0 saturated heterocycles. The molecular formula is C10H4F5NO3S. The van der Waals surface area contributed by atoms with E-state index in [1.54, 1.807) is 0 Å². The summed E-state index contributed by atoms with van der Waals surface area (Å²) in [7, 11) is 0. The van der Waals surface area contributed by atoms with Crippen LogP contribution in [0.25, 0.3) is 0 Å². The van der Waals surface area contributed by atoms with Crippen molar-refractivity contribution in [2.75, 3.05) is 0 Å². The number of benzene rings is 1. The fraction of sp³-hybridized carbons (Fsp3) is 0.200. The van der Waals surface area contributed by atoms with Crippen LogP contribution in [0.5, 0.6) is 5.75 Å². The van der Waals surface area contributed by atoms with Gasteiger partial charge in [-0.15, -0.1) is 0 Å². The highest BCUT2D eigenvalue weighted by atomic mass is 32.2. The van der Waals surface area contributed by atoms with Crippen molar-refractivity contribution in [1.82, 2.24) is 0 Å². The van der Waals surface area contributed by atoms with Gasteiger partial charge in [0.2, 0.25) is 0 Å². The van der Waals surface area contributed by atoms with Crippen LogP contribution in [0, 0.1) is 11.3 Å². The quantitative estimate of drug-likeness (QED) is 0.681. The molecule has 0 aliphatic carbocycles. The topological polar surface area (TPSA) is 70.3 Å². The summed E-state index contributed by atoms with van der Waals surface area (Å²) in [6.45, 7) is -3.50. The van der Waals surface area contributed by atoms with E-state index in [1.807, 2.05) is 0 Å². The Balaban J connectivity index is 3.46. The minimum Gasteiger partial charge on any atom is -0.478 e. The van der Waals surface area contributed by atoms with E-state index >= 15 is 0 Å². The minimum absolute atomic E-state index is 0.653. The Morgan fingerprint density at radius 2 is 2.00 bits per heavy atom. The van der Waals surface area contributed by atoms with Crippen molar-refractivity contribution in [2.45, 2.75) is 17.0 Å². The summed E-state index contributed by atoms with van der Waals surface area (Å²) < 4.78 is 65.1. The molecule has 1 aromatic carbocycles. The molecule has 10 heteroatoms. The van der Waals surface area contributed by atoms with Crippen molar-refractivity contribution in [1.29, 1.82) is 5.26 Å². The van der Waals surface area contributed by atoms with E-state index in [9.17, 15) is 26.7 Å². The third-order valence-electron chi connectivity index (χ3n) is 1.90. The van der Waals surface area contributed by atoms with Crippen molar-refractivity contribution in [3.8, 4) is 11.8 Å². The number of ether oxygens (including phenoxy) is 1. The summed E-state index contributed by atoms with van der Waals surface area (Å²) in [6, 6.07) is 2.63. The summed E-state index contributed by atoms with van der Waals surface area (Å²) >= 11 is -0.783. The van der Waals surface area contributed by atoms with Gasteiger partial charge in [0, 0.05) is 0 Å². The van der Waals surface area contributed by atoms with Gasteiger partial charge in [-0.1, -0.05) is 0 Å². The first-order valence-corrected chi connectivity index (χ1v) is 5.48. The van der Waals surface area contributed by atoms with Gasteiger partial charge in [-0.25, -0.2) is 4.79 Å². The maximum absolute atomic E-state index is 12.3. The van der Waals surface area contributed by atoms with Crippen LogP contribution in [-0.4, -0.2) is 23.2 Å². The normalized spacial score (nSPS) is 11.2. The first-order chi connectivity index (χ1) is 9.15. The SMILES string of the molecule is N#Cc1c(C(=O)O)ccc(SC(F)(F)F)c1OC(F)F. The predicted molar refractivity (Wildman–Crippen MR) is 56.7 cm³/mol. The van der Waals surface area contributed by atoms with Crippen LogP contribution >= 0.6 is 11.8 Å². The van der Waals surface area contributed by atoms with Crippen LogP contribution in [0.3, 0.4) is 0 Å². The van der Waals surface area contributed by atoms with Crippen molar-refractivity contribution in [2.24, 2.45) is 0 Å². The van der Waals surface area contributed by atoms with E-state index < -0.39 is 51.6 Å². The molecule has 1 aromatic rings. The number of aromatic carboxylic acids is 1. The lowest BCUT2D eigenvalue weighted by Gasteiger charge is -2.14. The highest BCUT2D eigenvalue weighted by Gasteiger charge is 2.33. The highest BCUT2D eigenvalue weighted by molar-refractivity contribution is 8.00. The standard InChI is InChI=1S/C10H4F5NO3S/c11-9(12)19-7-5(3-16)4(8(17)18)1-2-6(7)20-10(13,14)15/h1-2,9H,(H,17,18). The second-order valence-corrected chi connectivity index (χ2v) is 4.27. The van der Waals surface area contributed by atoms with Gasteiger partial charge in [0.1, 0.15) is 11.6 Å². The molecule has 0 heterocycles. The van der Waals surface area contributed by atoms with Crippen LogP contribution in [0.1, 0.15) is 15.9 Å². The van der Waals surface area contributed by atoms with Gasteiger partial charge in [-0.3, -0.25) is 0 Å². The highest BCUT2D eigenvalue weighted by Crippen LogP contribution is 2.43. The molecular weight excluding hydrogens is 309 g/mol. The van der Waals surface area contributed by atoms with Crippen LogP contribution in [0.2, 0.25) is 0 Å². The number of halogens is 5. The second kappa shape index (κ2) is 5.96. The van der Waals surface area contributed by atoms with Gasteiger partial charge in [-0.05, 0) is 23.9 Å². The molecule has 1 rings (SSSR count). The molecule has 0 amide bonds. The number of alkyl halides is 5. The second-order valence-electron chi connectivity index (χ2n) is 3.16. The van der Waals surface area contributed by atoms with Crippen LogP contribution in [-0.2, 0) is 0 Å². The van der Waals surface area contributed by atoms with Crippen molar-refractivity contribution >= 4 is 17.7 Å². The molecule has 108 valence electrons.